The molecule has 0 saturated carbocycles. The van der Waals surface area contributed by atoms with Crippen LogP contribution in [0.15, 0.2) is 83.7 Å². The number of halogens is 1. The summed E-state index contributed by atoms with van der Waals surface area (Å²) in [6.07, 6.45) is 16.8. The zero-order valence-electron chi connectivity index (χ0n) is 19.4. The van der Waals surface area contributed by atoms with Crippen LogP contribution in [0.2, 0.25) is 0 Å². The van der Waals surface area contributed by atoms with Gasteiger partial charge in [-0.15, -0.1) is 5.11 Å². The zero-order chi connectivity index (χ0) is 23.6. The molecule has 0 radical (unpaired) electrons. The quantitative estimate of drug-likeness (QED) is 0.245. The maximum atomic E-state index is 12.9. The Bertz CT molecular complexity index is 932. The van der Waals surface area contributed by atoms with E-state index in [2.05, 4.69) is 44.0 Å². The largest absolute Gasteiger partial charge is 0.361 e. The van der Waals surface area contributed by atoms with Gasteiger partial charge in [-0.3, -0.25) is 9.97 Å². The number of hydrogen-bond acceptors (Lipinski definition) is 6. The lowest BCUT2D eigenvalue weighted by Gasteiger charge is -2.06. The molecule has 2 heterocycles. The maximum absolute atomic E-state index is 12.9. The summed E-state index contributed by atoms with van der Waals surface area (Å²) >= 11 is 0. The molecular weight excluding hydrogens is 403 g/mol. The Morgan fingerprint density at radius 3 is 2.56 bits per heavy atom. The van der Waals surface area contributed by atoms with Crippen LogP contribution in [0.25, 0.3) is 11.4 Å². The van der Waals surface area contributed by atoms with Crippen LogP contribution >= 0.6 is 0 Å². The number of unbranched alkanes of at least 4 members (excludes halogenated alkanes) is 2. The number of rotatable bonds is 10. The van der Waals surface area contributed by atoms with Crippen LogP contribution in [0.4, 0.5) is 4.39 Å². The van der Waals surface area contributed by atoms with E-state index in [9.17, 15) is 4.39 Å². The van der Waals surface area contributed by atoms with Crippen molar-refractivity contribution in [2.45, 2.75) is 53.4 Å². The molecular formula is C25H33FN6. The molecule has 7 heteroatoms. The normalized spacial score (nSPS) is 12.0. The van der Waals surface area contributed by atoms with Gasteiger partial charge in [-0.25, -0.2) is 4.98 Å². The Morgan fingerprint density at radius 2 is 1.97 bits per heavy atom. The number of azo groups is 1. The highest BCUT2D eigenvalue weighted by Crippen LogP contribution is 2.15. The second kappa shape index (κ2) is 16.2. The Morgan fingerprint density at radius 1 is 1.16 bits per heavy atom. The molecule has 0 spiro atoms. The molecule has 0 aromatic carbocycles. The van der Waals surface area contributed by atoms with Gasteiger partial charge in [0, 0.05) is 12.4 Å². The van der Waals surface area contributed by atoms with Crippen LogP contribution in [0.3, 0.4) is 0 Å². The molecule has 0 unspecified atom stereocenters. The second-order valence-corrected chi connectivity index (χ2v) is 6.77. The van der Waals surface area contributed by atoms with Gasteiger partial charge in [0.15, 0.2) is 0 Å². The van der Waals surface area contributed by atoms with Crippen LogP contribution < -0.4 is 5.32 Å². The minimum atomic E-state index is -0.461. The number of allylic oxidation sites excluding steroid dienone is 4. The standard InChI is InChI=1S/C13H18N4.C12H15FN2/c1-4-5-6-7-12(17-16-11(2)3)13-10-14-8-9-15-13;1-3-6-10(14-9-4-2)11-7-5-8-12(13)15-11/h7-10H,2,4-6H2,1,3H3;4-9,14H,3H2,1-2H3/b12-7-,17-16?;9-4-,10-6+. The van der Waals surface area contributed by atoms with E-state index in [1.165, 1.54) is 6.07 Å². The Kier molecular flexibility index (Phi) is 13.5. The van der Waals surface area contributed by atoms with E-state index in [1.54, 1.807) is 36.9 Å². The first-order chi connectivity index (χ1) is 15.5. The van der Waals surface area contributed by atoms with Crippen LogP contribution in [0.1, 0.15) is 64.8 Å². The Hall–Kier alpha value is -3.48. The molecule has 0 saturated heterocycles. The zero-order valence-corrected chi connectivity index (χ0v) is 19.4. The molecule has 0 fully saturated rings. The fourth-order valence-corrected chi connectivity index (χ4v) is 2.38. The highest BCUT2D eigenvalue weighted by atomic mass is 19.1. The summed E-state index contributed by atoms with van der Waals surface area (Å²) in [4.78, 5) is 12.1. The third-order valence-electron chi connectivity index (χ3n) is 3.85. The van der Waals surface area contributed by atoms with Crippen molar-refractivity contribution in [1.29, 1.82) is 0 Å². The van der Waals surface area contributed by atoms with Crippen molar-refractivity contribution < 1.29 is 4.39 Å². The average molecular weight is 437 g/mol. The fourth-order valence-electron chi connectivity index (χ4n) is 2.38. The van der Waals surface area contributed by atoms with Gasteiger partial charge in [-0.05, 0) is 51.4 Å². The monoisotopic (exact) mass is 436 g/mol. The van der Waals surface area contributed by atoms with Gasteiger partial charge in [0.2, 0.25) is 5.95 Å². The Labute approximate surface area is 190 Å². The van der Waals surface area contributed by atoms with Crippen molar-refractivity contribution in [2.75, 3.05) is 0 Å². The molecule has 1 N–H and O–H groups in total. The summed E-state index contributed by atoms with van der Waals surface area (Å²) < 4.78 is 12.9. The molecule has 0 aliphatic carbocycles. The summed E-state index contributed by atoms with van der Waals surface area (Å²) in [5, 5.41) is 11.2. The van der Waals surface area contributed by atoms with E-state index in [4.69, 9.17) is 0 Å². The number of hydrogen-bond donors (Lipinski definition) is 1. The minimum Gasteiger partial charge on any atom is -0.361 e. The predicted molar refractivity (Wildman–Crippen MR) is 130 cm³/mol. The average Bonchev–Trinajstić information content (AvgIpc) is 2.80. The molecule has 170 valence electrons. The van der Waals surface area contributed by atoms with E-state index in [0.717, 1.165) is 42.8 Å². The number of pyridine rings is 1. The SMILES string of the molecule is C/C=C\N/C(=C/CC)c1cccc(F)n1.C=C(C)N=N/C(=C\CCCC)c1cnccn1. The molecule has 6 nitrogen and oxygen atoms in total. The van der Waals surface area contributed by atoms with Crippen LogP contribution in [0, 0.1) is 5.95 Å². The van der Waals surface area contributed by atoms with E-state index in [-0.39, 0.29) is 0 Å². The molecule has 0 atom stereocenters. The van der Waals surface area contributed by atoms with E-state index < -0.39 is 5.95 Å². The molecule has 0 bridgehead atoms. The third-order valence-corrected chi connectivity index (χ3v) is 3.85. The predicted octanol–water partition coefficient (Wildman–Crippen LogP) is 7.09. The first-order valence-electron chi connectivity index (χ1n) is 10.8. The second-order valence-electron chi connectivity index (χ2n) is 6.77. The lowest BCUT2D eigenvalue weighted by Crippen LogP contribution is -2.06. The first-order valence-corrected chi connectivity index (χ1v) is 10.8. The van der Waals surface area contributed by atoms with Crippen molar-refractivity contribution in [3.63, 3.8) is 0 Å². The summed E-state index contributed by atoms with van der Waals surface area (Å²) in [7, 11) is 0. The van der Waals surface area contributed by atoms with E-state index in [0.29, 0.717) is 11.4 Å². The number of aromatic nitrogens is 3. The van der Waals surface area contributed by atoms with Crippen LogP contribution in [0.5, 0.6) is 0 Å². The van der Waals surface area contributed by atoms with Gasteiger partial charge in [0.25, 0.3) is 0 Å². The summed E-state index contributed by atoms with van der Waals surface area (Å²) in [6, 6.07) is 4.77. The molecule has 0 amide bonds. The minimum absolute atomic E-state index is 0.461. The maximum Gasteiger partial charge on any atom is 0.213 e. The lowest BCUT2D eigenvalue weighted by molar-refractivity contribution is 0.582. The van der Waals surface area contributed by atoms with Crippen LogP contribution in [-0.4, -0.2) is 15.0 Å². The van der Waals surface area contributed by atoms with Crippen molar-refractivity contribution >= 4 is 11.4 Å². The number of nitrogens with zero attached hydrogens (tertiary/aromatic N) is 5. The third kappa shape index (κ3) is 11.1. The van der Waals surface area contributed by atoms with E-state index in [1.807, 2.05) is 39.0 Å². The van der Waals surface area contributed by atoms with Crippen molar-refractivity contribution in [3.05, 3.63) is 90.8 Å². The van der Waals surface area contributed by atoms with Gasteiger partial charge >= 0.3 is 0 Å². The van der Waals surface area contributed by atoms with Gasteiger partial charge in [0.1, 0.15) is 11.4 Å². The molecule has 32 heavy (non-hydrogen) atoms. The van der Waals surface area contributed by atoms with E-state index >= 15 is 0 Å². The summed E-state index contributed by atoms with van der Waals surface area (Å²) in [5.74, 6) is -0.461. The summed E-state index contributed by atoms with van der Waals surface area (Å²) in [5.41, 5.74) is 3.63. The first kappa shape index (κ1) is 26.6. The Balaban J connectivity index is 0.000000323. The van der Waals surface area contributed by atoms with Gasteiger partial charge in [-0.1, -0.05) is 51.1 Å². The topological polar surface area (TPSA) is 75.4 Å². The van der Waals surface area contributed by atoms with Crippen molar-refractivity contribution in [2.24, 2.45) is 10.2 Å². The van der Waals surface area contributed by atoms with Gasteiger partial charge in [0.05, 0.1) is 23.3 Å². The fraction of sp³-hybridized carbons (Fsp3) is 0.320. The number of nitrogens with one attached hydrogen (secondary N) is 1. The molecule has 2 aromatic heterocycles. The highest BCUT2D eigenvalue weighted by Gasteiger charge is 2.02. The van der Waals surface area contributed by atoms with Gasteiger partial charge < -0.3 is 5.32 Å². The molecule has 2 aromatic rings. The smallest absolute Gasteiger partial charge is 0.213 e. The van der Waals surface area contributed by atoms with Crippen LogP contribution in [-0.2, 0) is 0 Å². The molecule has 0 aliphatic heterocycles. The highest BCUT2D eigenvalue weighted by molar-refractivity contribution is 5.61. The van der Waals surface area contributed by atoms with Crippen molar-refractivity contribution in [1.82, 2.24) is 20.3 Å². The van der Waals surface area contributed by atoms with Gasteiger partial charge in [-0.2, -0.15) is 9.50 Å². The molecule has 2 rings (SSSR count). The molecule has 0 aliphatic rings. The summed E-state index contributed by atoms with van der Waals surface area (Å²) in [6.45, 7) is 11.6. The lowest BCUT2D eigenvalue weighted by atomic mass is 10.2. The van der Waals surface area contributed by atoms with Crippen molar-refractivity contribution in [3.8, 4) is 0 Å².